The van der Waals surface area contributed by atoms with Gasteiger partial charge in [0.05, 0.1) is 6.04 Å². The van der Waals surface area contributed by atoms with Gasteiger partial charge in [0.1, 0.15) is 11.7 Å². The number of hydrogen-bond donors (Lipinski definition) is 1. The van der Waals surface area contributed by atoms with Crippen molar-refractivity contribution < 1.29 is 9.18 Å². The van der Waals surface area contributed by atoms with Gasteiger partial charge < -0.3 is 5.32 Å². The van der Waals surface area contributed by atoms with Crippen LogP contribution in [-0.2, 0) is 4.79 Å². The molecule has 0 saturated heterocycles. The van der Waals surface area contributed by atoms with Crippen LogP contribution >= 0.6 is 0 Å². The lowest BCUT2D eigenvalue weighted by atomic mass is 9.87. The maximum atomic E-state index is 13.4. The molecule has 4 rings (SSSR count). The fourth-order valence-corrected chi connectivity index (χ4v) is 3.11. The first-order chi connectivity index (χ1) is 12.6. The zero-order valence-corrected chi connectivity index (χ0v) is 13.9. The van der Waals surface area contributed by atoms with Crippen molar-refractivity contribution in [2.75, 3.05) is 5.32 Å². The highest BCUT2D eigenvalue weighted by molar-refractivity contribution is 6.10. The summed E-state index contributed by atoms with van der Waals surface area (Å²) in [6.07, 6.45) is 0. The Balaban J connectivity index is 1.75. The molecule has 1 N–H and O–H groups in total. The Kier molecular flexibility index (Phi) is 4.00. The van der Waals surface area contributed by atoms with E-state index in [0.29, 0.717) is 17.3 Å². The van der Waals surface area contributed by atoms with Crippen LogP contribution in [0.2, 0.25) is 0 Å². The third kappa shape index (κ3) is 2.85. The molecule has 1 aliphatic heterocycles. The molecule has 2 aromatic carbocycles. The molecule has 0 spiro atoms. The standard InChI is InChI=1S/C18H15FN6O/c1-11-15(17(26)21-14-5-3-2-4-6-14)16(12-7-9-13(19)10-8-12)25-18(20-11)22-23-24-25/h2-10,15-16H,1H3,(H,21,26). The summed E-state index contributed by atoms with van der Waals surface area (Å²) in [5, 5.41) is 14.4. The van der Waals surface area contributed by atoms with Gasteiger partial charge in [0.15, 0.2) is 0 Å². The Morgan fingerprint density at radius 3 is 2.58 bits per heavy atom. The zero-order chi connectivity index (χ0) is 18.1. The lowest BCUT2D eigenvalue weighted by molar-refractivity contribution is -0.118. The summed E-state index contributed by atoms with van der Waals surface area (Å²) in [4.78, 5) is 17.4. The van der Waals surface area contributed by atoms with E-state index in [1.165, 1.54) is 16.8 Å². The SMILES string of the molecule is CC1=Nc2nnnn2C(c2ccc(F)cc2)C1C(=O)Nc1ccccc1. The van der Waals surface area contributed by atoms with Gasteiger partial charge in [-0.05, 0) is 47.2 Å². The van der Waals surface area contributed by atoms with E-state index in [2.05, 4.69) is 25.8 Å². The molecule has 0 bridgehead atoms. The Hall–Kier alpha value is -3.42. The summed E-state index contributed by atoms with van der Waals surface area (Å²) in [6.45, 7) is 1.77. The van der Waals surface area contributed by atoms with Crippen LogP contribution < -0.4 is 5.32 Å². The van der Waals surface area contributed by atoms with Gasteiger partial charge in [-0.15, -0.1) is 0 Å². The van der Waals surface area contributed by atoms with Crippen LogP contribution in [0.4, 0.5) is 16.0 Å². The highest BCUT2D eigenvalue weighted by Crippen LogP contribution is 2.35. The fraction of sp³-hybridized carbons (Fsp3) is 0.167. The number of rotatable bonds is 3. The number of para-hydroxylation sites is 1. The predicted octanol–water partition coefficient (Wildman–Crippen LogP) is 2.76. The predicted molar refractivity (Wildman–Crippen MR) is 93.7 cm³/mol. The van der Waals surface area contributed by atoms with Crippen LogP contribution in [0.1, 0.15) is 18.5 Å². The minimum atomic E-state index is -0.628. The number of aliphatic imine (C=N–C) groups is 1. The molecular weight excluding hydrogens is 335 g/mol. The number of benzene rings is 2. The molecule has 2 atom stereocenters. The molecule has 0 fully saturated rings. The van der Waals surface area contributed by atoms with Gasteiger partial charge in [-0.2, -0.15) is 0 Å². The second kappa shape index (κ2) is 6.47. The summed E-state index contributed by atoms with van der Waals surface area (Å²) in [7, 11) is 0. The van der Waals surface area contributed by atoms with Gasteiger partial charge in [0.25, 0.3) is 5.95 Å². The zero-order valence-electron chi connectivity index (χ0n) is 13.9. The molecule has 2 heterocycles. The van der Waals surface area contributed by atoms with E-state index in [4.69, 9.17) is 0 Å². The third-order valence-electron chi connectivity index (χ3n) is 4.32. The average Bonchev–Trinajstić information content (AvgIpc) is 3.10. The summed E-state index contributed by atoms with van der Waals surface area (Å²) in [6, 6.07) is 14.6. The van der Waals surface area contributed by atoms with Crippen LogP contribution in [0, 0.1) is 11.7 Å². The molecular formula is C18H15FN6O. The van der Waals surface area contributed by atoms with Crippen molar-refractivity contribution in [3.05, 3.63) is 66.0 Å². The van der Waals surface area contributed by atoms with E-state index in [9.17, 15) is 9.18 Å². The van der Waals surface area contributed by atoms with Gasteiger partial charge in [0, 0.05) is 11.4 Å². The van der Waals surface area contributed by atoms with Crippen molar-refractivity contribution in [3.63, 3.8) is 0 Å². The minimum Gasteiger partial charge on any atom is -0.325 e. The Bertz CT molecular complexity index is 967. The number of nitrogens with zero attached hydrogens (tertiary/aromatic N) is 5. The maximum Gasteiger partial charge on any atom is 0.269 e. The van der Waals surface area contributed by atoms with Gasteiger partial charge in [-0.25, -0.2) is 14.1 Å². The monoisotopic (exact) mass is 350 g/mol. The second-order valence-corrected chi connectivity index (χ2v) is 6.01. The van der Waals surface area contributed by atoms with Crippen LogP contribution in [0.25, 0.3) is 0 Å². The van der Waals surface area contributed by atoms with Crippen molar-refractivity contribution in [3.8, 4) is 0 Å². The Morgan fingerprint density at radius 1 is 1.12 bits per heavy atom. The van der Waals surface area contributed by atoms with E-state index in [0.717, 1.165) is 5.56 Å². The molecule has 0 aliphatic carbocycles. The molecule has 130 valence electrons. The van der Waals surface area contributed by atoms with Crippen LogP contribution in [0.3, 0.4) is 0 Å². The third-order valence-corrected chi connectivity index (χ3v) is 4.32. The maximum absolute atomic E-state index is 13.4. The first-order valence-electron chi connectivity index (χ1n) is 8.08. The number of aromatic nitrogens is 4. The van der Waals surface area contributed by atoms with E-state index in [-0.39, 0.29) is 11.7 Å². The Labute approximate surface area is 148 Å². The quantitative estimate of drug-likeness (QED) is 0.787. The first kappa shape index (κ1) is 16.1. The molecule has 1 amide bonds. The summed E-state index contributed by atoms with van der Waals surface area (Å²) in [5.74, 6) is -0.887. The van der Waals surface area contributed by atoms with Crippen LogP contribution in [0.15, 0.2) is 59.6 Å². The molecule has 2 unspecified atom stereocenters. The lowest BCUT2D eigenvalue weighted by Gasteiger charge is -2.29. The molecule has 8 heteroatoms. The Morgan fingerprint density at radius 2 is 1.85 bits per heavy atom. The average molecular weight is 350 g/mol. The van der Waals surface area contributed by atoms with E-state index in [1.54, 1.807) is 19.1 Å². The normalized spacial score (nSPS) is 18.8. The van der Waals surface area contributed by atoms with Gasteiger partial charge >= 0.3 is 0 Å². The van der Waals surface area contributed by atoms with Crippen molar-refractivity contribution in [1.29, 1.82) is 0 Å². The smallest absolute Gasteiger partial charge is 0.269 e. The molecule has 7 nitrogen and oxygen atoms in total. The highest BCUT2D eigenvalue weighted by atomic mass is 19.1. The number of nitrogens with one attached hydrogen (secondary N) is 1. The lowest BCUT2D eigenvalue weighted by Crippen LogP contribution is -2.39. The van der Waals surface area contributed by atoms with E-state index in [1.807, 2.05) is 30.3 Å². The van der Waals surface area contributed by atoms with Crippen LogP contribution in [-0.4, -0.2) is 31.8 Å². The number of hydrogen-bond acceptors (Lipinski definition) is 5. The number of carbonyl (C=O) groups is 1. The molecule has 0 radical (unpaired) electrons. The number of tetrazole rings is 1. The molecule has 0 saturated carbocycles. The van der Waals surface area contributed by atoms with Crippen molar-refractivity contribution in [1.82, 2.24) is 20.2 Å². The summed E-state index contributed by atoms with van der Waals surface area (Å²) >= 11 is 0. The molecule has 3 aromatic rings. The number of amides is 1. The minimum absolute atomic E-state index is 0.229. The number of fused-ring (bicyclic) bond motifs is 1. The highest BCUT2D eigenvalue weighted by Gasteiger charge is 2.39. The molecule has 1 aromatic heterocycles. The molecule has 1 aliphatic rings. The second-order valence-electron chi connectivity index (χ2n) is 6.01. The number of halogens is 1. The number of carbonyl (C=O) groups excluding carboxylic acids is 1. The van der Waals surface area contributed by atoms with Crippen molar-refractivity contribution >= 4 is 23.3 Å². The van der Waals surface area contributed by atoms with E-state index < -0.39 is 12.0 Å². The fourth-order valence-electron chi connectivity index (χ4n) is 3.11. The van der Waals surface area contributed by atoms with E-state index >= 15 is 0 Å². The van der Waals surface area contributed by atoms with Crippen LogP contribution in [0.5, 0.6) is 0 Å². The first-order valence-corrected chi connectivity index (χ1v) is 8.08. The summed E-state index contributed by atoms with van der Waals surface area (Å²) < 4.78 is 14.9. The van der Waals surface area contributed by atoms with Gasteiger partial charge in [-0.1, -0.05) is 35.4 Å². The van der Waals surface area contributed by atoms with Crippen molar-refractivity contribution in [2.24, 2.45) is 10.9 Å². The van der Waals surface area contributed by atoms with Crippen molar-refractivity contribution in [2.45, 2.75) is 13.0 Å². The van der Waals surface area contributed by atoms with Gasteiger partial charge in [-0.3, -0.25) is 4.79 Å². The molecule has 26 heavy (non-hydrogen) atoms. The topological polar surface area (TPSA) is 85.1 Å². The van der Waals surface area contributed by atoms with Gasteiger partial charge in [0.2, 0.25) is 5.91 Å². The largest absolute Gasteiger partial charge is 0.325 e. The summed E-state index contributed by atoms with van der Waals surface area (Å²) in [5.41, 5.74) is 2.00. The number of anilines is 1.